The van der Waals surface area contributed by atoms with Crippen LogP contribution in [0, 0.1) is 0 Å². The summed E-state index contributed by atoms with van der Waals surface area (Å²) in [5.74, 6) is 0.0170. The third kappa shape index (κ3) is 4.75. The lowest BCUT2D eigenvalue weighted by molar-refractivity contribution is -0.115. The number of carbonyl (C=O) groups is 1. The molecule has 0 bridgehead atoms. The smallest absolute Gasteiger partial charge is 0.228 e. The lowest BCUT2D eigenvalue weighted by atomic mass is 10.1. The fourth-order valence-electron chi connectivity index (χ4n) is 3.21. The van der Waals surface area contributed by atoms with E-state index in [-0.39, 0.29) is 5.91 Å². The van der Waals surface area contributed by atoms with E-state index in [2.05, 4.69) is 34.5 Å². The van der Waals surface area contributed by atoms with Gasteiger partial charge < -0.3 is 15.1 Å². The molecule has 1 N–H and O–H groups in total. The molecule has 4 heteroatoms. The predicted molar refractivity (Wildman–Crippen MR) is 106 cm³/mol. The van der Waals surface area contributed by atoms with E-state index < -0.39 is 0 Å². The van der Waals surface area contributed by atoms with Gasteiger partial charge in [0.1, 0.15) is 0 Å². The van der Waals surface area contributed by atoms with Crippen LogP contribution in [0.5, 0.6) is 0 Å². The number of carbonyl (C=O) groups excluding carboxylic acids is 1. The summed E-state index contributed by atoms with van der Waals surface area (Å²) in [6.07, 6.45) is 4.29. The Morgan fingerprint density at radius 1 is 0.960 bits per heavy atom. The third-order valence-corrected chi connectivity index (χ3v) is 4.69. The lowest BCUT2D eigenvalue weighted by Crippen LogP contribution is -2.29. The van der Waals surface area contributed by atoms with Gasteiger partial charge in [-0.1, -0.05) is 12.1 Å². The molecule has 0 aromatic heterocycles. The number of benzene rings is 2. The van der Waals surface area contributed by atoms with Crippen LogP contribution in [0.2, 0.25) is 0 Å². The van der Waals surface area contributed by atoms with Gasteiger partial charge in [-0.3, -0.25) is 4.79 Å². The molecule has 0 unspecified atom stereocenters. The van der Waals surface area contributed by atoms with Crippen molar-refractivity contribution in [2.45, 2.75) is 25.7 Å². The maximum Gasteiger partial charge on any atom is 0.228 e. The Labute approximate surface area is 150 Å². The van der Waals surface area contributed by atoms with Crippen LogP contribution in [0.1, 0.15) is 24.8 Å². The van der Waals surface area contributed by atoms with Gasteiger partial charge in [0.2, 0.25) is 5.91 Å². The van der Waals surface area contributed by atoms with Crippen LogP contribution in [-0.2, 0) is 11.2 Å². The number of hydrogen-bond donors (Lipinski definition) is 1. The average molecular weight is 337 g/mol. The van der Waals surface area contributed by atoms with Crippen molar-refractivity contribution in [1.29, 1.82) is 0 Å². The highest BCUT2D eigenvalue weighted by Gasteiger charge is 2.11. The molecule has 132 valence electrons. The maximum atomic E-state index is 12.3. The molecule has 0 spiro atoms. The Bertz CT molecular complexity index is 686. The summed E-state index contributed by atoms with van der Waals surface area (Å²) in [4.78, 5) is 16.7. The molecule has 1 saturated heterocycles. The fourth-order valence-corrected chi connectivity index (χ4v) is 3.21. The van der Waals surface area contributed by atoms with E-state index in [4.69, 9.17) is 0 Å². The molecule has 3 rings (SSSR count). The predicted octanol–water partition coefficient (Wildman–Crippen LogP) is 3.92. The zero-order valence-corrected chi connectivity index (χ0v) is 15.2. The first-order valence-corrected chi connectivity index (χ1v) is 9.03. The number of piperidine rings is 1. The van der Waals surface area contributed by atoms with Gasteiger partial charge in [-0.05, 0) is 61.2 Å². The van der Waals surface area contributed by atoms with Crippen LogP contribution in [0.25, 0.3) is 0 Å². The minimum Gasteiger partial charge on any atom is -0.378 e. The van der Waals surface area contributed by atoms with Crippen LogP contribution in [0.15, 0.2) is 48.5 Å². The van der Waals surface area contributed by atoms with Crippen molar-refractivity contribution in [3.05, 3.63) is 54.1 Å². The molecule has 1 amide bonds. The highest BCUT2D eigenvalue weighted by atomic mass is 16.1. The van der Waals surface area contributed by atoms with Crippen molar-refractivity contribution in [2.75, 3.05) is 42.3 Å². The Balaban J connectivity index is 1.55. The van der Waals surface area contributed by atoms with E-state index in [1.807, 2.05) is 43.3 Å². The highest BCUT2D eigenvalue weighted by molar-refractivity contribution is 5.92. The van der Waals surface area contributed by atoms with Gasteiger partial charge in [0, 0.05) is 44.2 Å². The lowest BCUT2D eigenvalue weighted by Gasteiger charge is -2.28. The number of rotatable bonds is 5. The summed E-state index contributed by atoms with van der Waals surface area (Å²) in [6, 6.07) is 16.3. The average Bonchev–Trinajstić information content (AvgIpc) is 2.63. The van der Waals surface area contributed by atoms with E-state index in [9.17, 15) is 4.79 Å². The standard InChI is InChI=1S/C21H27N3O/c1-23(2)19-12-8-18(9-13-19)22-21(25)16-17-6-10-20(11-7-17)24-14-4-3-5-15-24/h6-13H,3-5,14-16H2,1-2H3,(H,22,25). The Hall–Kier alpha value is -2.49. The summed E-state index contributed by atoms with van der Waals surface area (Å²) in [5, 5.41) is 2.97. The monoisotopic (exact) mass is 337 g/mol. The summed E-state index contributed by atoms with van der Waals surface area (Å²) in [6.45, 7) is 2.28. The Morgan fingerprint density at radius 2 is 1.60 bits per heavy atom. The molecule has 1 aliphatic heterocycles. The molecule has 0 radical (unpaired) electrons. The molecule has 25 heavy (non-hydrogen) atoms. The van der Waals surface area contributed by atoms with Gasteiger partial charge in [0.05, 0.1) is 6.42 Å². The molecule has 2 aromatic carbocycles. The molecule has 0 saturated carbocycles. The third-order valence-electron chi connectivity index (χ3n) is 4.69. The number of nitrogens with zero attached hydrogens (tertiary/aromatic N) is 2. The quantitative estimate of drug-likeness (QED) is 0.898. The molecule has 0 aliphatic carbocycles. The van der Waals surface area contributed by atoms with Gasteiger partial charge in [-0.15, -0.1) is 0 Å². The molecular weight excluding hydrogens is 310 g/mol. The number of hydrogen-bond acceptors (Lipinski definition) is 3. The van der Waals surface area contributed by atoms with Crippen molar-refractivity contribution < 1.29 is 4.79 Å². The SMILES string of the molecule is CN(C)c1ccc(NC(=O)Cc2ccc(N3CCCCC3)cc2)cc1. The zero-order chi connectivity index (χ0) is 17.6. The van der Waals surface area contributed by atoms with Gasteiger partial charge >= 0.3 is 0 Å². The van der Waals surface area contributed by atoms with Gasteiger partial charge in [-0.25, -0.2) is 0 Å². The van der Waals surface area contributed by atoms with Crippen LogP contribution >= 0.6 is 0 Å². The molecule has 2 aromatic rings. The summed E-state index contributed by atoms with van der Waals surface area (Å²) in [7, 11) is 4.00. The van der Waals surface area contributed by atoms with E-state index in [0.29, 0.717) is 6.42 Å². The first-order chi connectivity index (χ1) is 12.1. The normalized spacial score (nSPS) is 14.2. The van der Waals surface area contributed by atoms with Gasteiger partial charge in [-0.2, -0.15) is 0 Å². The zero-order valence-electron chi connectivity index (χ0n) is 15.2. The second-order valence-corrected chi connectivity index (χ2v) is 6.88. The van der Waals surface area contributed by atoms with Crippen LogP contribution in [0.4, 0.5) is 17.1 Å². The van der Waals surface area contributed by atoms with Gasteiger partial charge in [0.15, 0.2) is 0 Å². The van der Waals surface area contributed by atoms with E-state index in [0.717, 1.165) is 30.0 Å². The second-order valence-electron chi connectivity index (χ2n) is 6.88. The van der Waals surface area contributed by atoms with Crippen molar-refractivity contribution in [3.8, 4) is 0 Å². The molecule has 1 fully saturated rings. The maximum absolute atomic E-state index is 12.3. The molecule has 1 heterocycles. The van der Waals surface area contributed by atoms with Crippen molar-refractivity contribution in [3.63, 3.8) is 0 Å². The molecule has 0 atom stereocenters. The Morgan fingerprint density at radius 3 is 2.20 bits per heavy atom. The fraction of sp³-hybridized carbons (Fsp3) is 0.381. The van der Waals surface area contributed by atoms with Crippen molar-refractivity contribution in [1.82, 2.24) is 0 Å². The molecular formula is C21H27N3O. The minimum absolute atomic E-state index is 0.0170. The number of anilines is 3. The summed E-state index contributed by atoms with van der Waals surface area (Å²) in [5.41, 5.74) is 4.26. The van der Waals surface area contributed by atoms with Crippen LogP contribution in [0.3, 0.4) is 0 Å². The van der Waals surface area contributed by atoms with Crippen molar-refractivity contribution in [2.24, 2.45) is 0 Å². The minimum atomic E-state index is 0.0170. The van der Waals surface area contributed by atoms with Gasteiger partial charge in [0.25, 0.3) is 0 Å². The second kappa shape index (κ2) is 8.06. The van der Waals surface area contributed by atoms with E-state index in [1.165, 1.54) is 24.9 Å². The summed E-state index contributed by atoms with van der Waals surface area (Å²) < 4.78 is 0. The molecule has 4 nitrogen and oxygen atoms in total. The van der Waals surface area contributed by atoms with E-state index in [1.54, 1.807) is 0 Å². The van der Waals surface area contributed by atoms with Crippen molar-refractivity contribution >= 4 is 23.0 Å². The first kappa shape index (κ1) is 17.3. The summed E-state index contributed by atoms with van der Waals surface area (Å²) >= 11 is 0. The number of amides is 1. The molecule has 1 aliphatic rings. The topological polar surface area (TPSA) is 35.6 Å². The van der Waals surface area contributed by atoms with E-state index >= 15 is 0 Å². The Kier molecular flexibility index (Phi) is 5.59. The largest absolute Gasteiger partial charge is 0.378 e. The van der Waals surface area contributed by atoms with Crippen LogP contribution < -0.4 is 15.1 Å². The number of nitrogens with one attached hydrogen (secondary N) is 1. The first-order valence-electron chi connectivity index (χ1n) is 9.03. The van der Waals surface area contributed by atoms with Crippen LogP contribution in [-0.4, -0.2) is 33.1 Å². The highest BCUT2D eigenvalue weighted by Crippen LogP contribution is 2.21.